The molecule has 0 aliphatic carbocycles. The Morgan fingerprint density at radius 1 is 1.43 bits per heavy atom. The molecule has 1 aromatic rings. The van der Waals surface area contributed by atoms with Gasteiger partial charge in [0.1, 0.15) is 6.07 Å². The van der Waals surface area contributed by atoms with Gasteiger partial charge in [0.2, 0.25) is 0 Å². The van der Waals surface area contributed by atoms with Gasteiger partial charge in [-0.2, -0.15) is 18.4 Å². The van der Waals surface area contributed by atoms with Crippen LogP contribution in [0.1, 0.15) is 31.4 Å². The van der Waals surface area contributed by atoms with Crippen molar-refractivity contribution < 1.29 is 17.9 Å². The number of nitrogens with zero attached hydrogens (tertiary/aromatic N) is 2. The van der Waals surface area contributed by atoms with E-state index in [2.05, 4.69) is 0 Å². The summed E-state index contributed by atoms with van der Waals surface area (Å²) in [6.07, 6.45) is -3.64. The summed E-state index contributed by atoms with van der Waals surface area (Å²) in [5.41, 5.74) is -0.554. The minimum absolute atomic E-state index is 0.0465. The van der Waals surface area contributed by atoms with E-state index in [9.17, 15) is 13.2 Å². The van der Waals surface area contributed by atoms with Gasteiger partial charge in [0.05, 0.1) is 29.0 Å². The number of alkyl halides is 3. The van der Waals surface area contributed by atoms with Crippen LogP contribution in [0.2, 0.25) is 0 Å². The van der Waals surface area contributed by atoms with Gasteiger partial charge in [-0.15, -0.1) is 0 Å². The summed E-state index contributed by atoms with van der Waals surface area (Å²) in [5.74, 6) is 0. The van der Waals surface area contributed by atoms with Gasteiger partial charge < -0.3 is 9.64 Å². The second-order valence-electron chi connectivity index (χ2n) is 5.41. The average Bonchev–Trinajstić information content (AvgIpc) is 2.45. The van der Waals surface area contributed by atoms with E-state index >= 15 is 0 Å². The summed E-state index contributed by atoms with van der Waals surface area (Å²) in [5, 5.41) is 9.15. The summed E-state index contributed by atoms with van der Waals surface area (Å²) in [6.45, 7) is 5.59. The van der Waals surface area contributed by atoms with E-state index in [0.29, 0.717) is 25.4 Å². The zero-order valence-electron chi connectivity index (χ0n) is 12.0. The predicted molar refractivity (Wildman–Crippen MR) is 73.0 cm³/mol. The molecule has 0 N–H and O–H groups in total. The zero-order valence-corrected chi connectivity index (χ0v) is 12.0. The fraction of sp³-hybridized carbons (Fsp3) is 0.533. The summed E-state index contributed by atoms with van der Waals surface area (Å²) in [7, 11) is 0. The lowest BCUT2D eigenvalue weighted by Gasteiger charge is -2.41. The Morgan fingerprint density at radius 2 is 2.14 bits per heavy atom. The molecule has 1 unspecified atom stereocenters. The van der Waals surface area contributed by atoms with Gasteiger partial charge in [0.15, 0.2) is 0 Å². The Morgan fingerprint density at radius 3 is 2.71 bits per heavy atom. The van der Waals surface area contributed by atoms with Crippen molar-refractivity contribution in [1.82, 2.24) is 0 Å². The van der Waals surface area contributed by atoms with Crippen molar-refractivity contribution in [2.45, 2.75) is 32.0 Å². The van der Waals surface area contributed by atoms with Crippen LogP contribution >= 0.6 is 0 Å². The molecule has 1 aliphatic rings. The van der Waals surface area contributed by atoms with Gasteiger partial charge in [-0.05, 0) is 31.5 Å². The Balaban J connectivity index is 2.34. The lowest BCUT2D eigenvalue weighted by Crippen LogP contribution is -2.50. The third-order valence-corrected chi connectivity index (χ3v) is 3.87. The average molecular weight is 298 g/mol. The SMILES string of the molecule is CCC1(C)CN(c2ccc(C(F)(F)F)cc2C#N)CCO1. The van der Waals surface area contributed by atoms with Crippen molar-refractivity contribution in [2.75, 3.05) is 24.6 Å². The lowest BCUT2D eigenvalue weighted by molar-refractivity contribution is -0.137. The van der Waals surface area contributed by atoms with E-state index < -0.39 is 11.7 Å². The minimum Gasteiger partial charge on any atom is -0.372 e. The van der Waals surface area contributed by atoms with Crippen molar-refractivity contribution >= 4 is 5.69 Å². The standard InChI is InChI=1S/C15H17F3N2O/c1-3-14(2)10-20(6-7-21-14)13-5-4-12(15(16,17)18)8-11(13)9-19/h4-5,8H,3,6-7,10H2,1-2H3. The second-order valence-corrected chi connectivity index (χ2v) is 5.41. The van der Waals surface area contributed by atoms with Gasteiger partial charge in [0.25, 0.3) is 0 Å². The molecule has 1 aromatic carbocycles. The molecule has 6 heteroatoms. The normalized spacial score (nSPS) is 23.0. The first-order valence-electron chi connectivity index (χ1n) is 6.79. The Kier molecular flexibility index (Phi) is 4.15. The molecular weight excluding hydrogens is 281 g/mol. The molecule has 1 fully saturated rings. The van der Waals surface area contributed by atoms with E-state index in [-0.39, 0.29) is 11.2 Å². The predicted octanol–water partition coefficient (Wildman–Crippen LogP) is 3.58. The first-order chi connectivity index (χ1) is 9.79. The molecule has 114 valence electrons. The molecule has 0 spiro atoms. The van der Waals surface area contributed by atoms with Crippen LogP contribution in [0.25, 0.3) is 0 Å². The highest BCUT2D eigenvalue weighted by Crippen LogP contribution is 2.34. The molecule has 2 rings (SSSR count). The van der Waals surface area contributed by atoms with Crippen molar-refractivity contribution in [1.29, 1.82) is 5.26 Å². The number of morpholine rings is 1. The van der Waals surface area contributed by atoms with Crippen LogP contribution < -0.4 is 4.90 Å². The van der Waals surface area contributed by atoms with Crippen LogP contribution in [0, 0.1) is 11.3 Å². The molecule has 0 saturated carbocycles. The number of ether oxygens (including phenoxy) is 1. The van der Waals surface area contributed by atoms with Crippen LogP contribution in [0.5, 0.6) is 0 Å². The molecule has 21 heavy (non-hydrogen) atoms. The molecule has 3 nitrogen and oxygen atoms in total. The van der Waals surface area contributed by atoms with E-state index in [1.54, 1.807) is 0 Å². The van der Waals surface area contributed by atoms with Gasteiger partial charge in [-0.1, -0.05) is 6.92 Å². The van der Waals surface area contributed by atoms with Gasteiger partial charge >= 0.3 is 6.18 Å². The number of hydrogen-bond donors (Lipinski definition) is 0. The highest BCUT2D eigenvalue weighted by molar-refractivity contribution is 5.61. The summed E-state index contributed by atoms with van der Waals surface area (Å²) < 4.78 is 43.9. The fourth-order valence-corrected chi connectivity index (χ4v) is 2.43. The van der Waals surface area contributed by atoms with Crippen LogP contribution in [0.15, 0.2) is 18.2 Å². The fourth-order valence-electron chi connectivity index (χ4n) is 2.43. The van der Waals surface area contributed by atoms with Crippen molar-refractivity contribution in [3.05, 3.63) is 29.3 Å². The molecule has 0 radical (unpaired) electrons. The second kappa shape index (κ2) is 5.57. The van der Waals surface area contributed by atoms with E-state index in [1.165, 1.54) is 6.07 Å². The molecule has 0 amide bonds. The summed E-state index contributed by atoms with van der Waals surface area (Å²) in [4.78, 5) is 1.92. The molecule has 1 heterocycles. The first kappa shape index (κ1) is 15.6. The Labute approximate surface area is 121 Å². The molecular formula is C15H17F3N2O. The number of benzene rings is 1. The van der Waals surface area contributed by atoms with Crippen LogP contribution in [-0.4, -0.2) is 25.3 Å². The van der Waals surface area contributed by atoms with Crippen molar-refractivity contribution in [2.24, 2.45) is 0 Å². The first-order valence-corrected chi connectivity index (χ1v) is 6.79. The summed E-state index contributed by atoms with van der Waals surface area (Å²) in [6, 6.07) is 5.18. The number of anilines is 1. The largest absolute Gasteiger partial charge is 0.416 e. The third kappa shape index (κ3) is 3.30. The number of nitriles is 1. The van der Waals surface area contributed by atoms with Crippen molar-refractivity contribution in [3.8, 4) is 6.07 Å². The molecule has 1 saturated heterocycles. The van der Waals surface area contributed by atoms with E-state index in [0.717, 1.165) is 18.6 Å². The van der Waals surface area contributed by atoms with Crippen LogP contribution in [0.4, 0.5) is 18.9 Å². The third-order valence-electron chi connectivity index (χ3n) is 3.87. The van der Waals surface area contributed by atoms with Crippen LogP contribution in [-0.2, 0) is 10.9 Å². The molecule has 1 atom stereocenters. The van der Waals surface area contributed by atoms with E-state index in [4.69, 9.17) is 10.00 Å². The molecule has 0 bridgehead atoms. The van der Waals surface area contributed by atoms with Crippen LogP contribution in [0.3, 0.4) is 0 Å². The summed E-state index contributed by atoms with van der Waals surface area (Å²) >= 11 is 0. The Bertz CT molecular complexity index is 565. The molecule has 1 aliphatic heterocycles. The maximum atomic E-state index is 12.7. The smallest absolute Gasteiger partial charge is 0.372 e. The highest BCUT2D eigenvalue weighted by Gasteiger charge is 2.34. The van der Waals surface area contributed by atoms with Gasteiger partial charge in [0, 0.05) is 13.1 Å². The van der Waals surface area contributed by atoms with E-state index in [1.807, 2.05) is 24.8 Å². The number of rotatable bonds is 2. The quantitative estimate of drug-likeness (QED) is 0.837. The monoisotopic (exact) mass is 298 g/mol. The highest BCUT2D eigenvalue weighted by atomic mass is 19.4. The number of halogens is 3. The maximum absolute atomic E-state index is 12.7. The number of hydrogen-bond acceptors (Lipinski definition) is 3. The van der Waals surface area contributed by atoms with Crippen molar-refractivity contribution in [3.63, 3.8) is 0 Å². The molecule has 0 aromatic heterocycles. The zero-order chi connectivity index (χ0) is 15.7. The maximum Gasteiger partial charge on any atom is 0.416 e. The van der Waals surface area contributed by atoms with Gasteiger partial charge in [-0.3, -0.25) is 0 Å². The lowest BCUT2D eigenvalue weighted by atomic mass is 9.99. The van der Waals surface area contributed by atoms with Gasteiger partial charge in [-0.25, -0.2) is 0 Å². The topological polar surface area (TPSA) is 36.3 Å². The minimum atomic E-state index is -4.44. The Hall–Kier alpha value is -1.74.